The largest absolute Gasteiger partial charge is 0.484 e. The maximum Gasteiger partial charge on any atom is 0.260 e. The molecule has 1 N–H and O–H groups in total. The van der Waals surface area contributed by atoms with E-state index in [1.165, 1.54) is 5.56 Å². The third-order valence-electron chi connectivity index (χ3n) is 6.17. The summed E-state index contributed by atoms with van der Waals surface area (Å²) in [5, 5.41) is 2.99. The maximum atomic E-state index is 12.1. The van der Waals surface area contributed by atoms with Crippen molar-refractivity contribution in [1.82, 2.24) is 15.1 Å². The molecule has 3 aliphatic heterocycles. The molecule has 4 rings (SSSR count). The molecule has 0 radical (unpaired) electrons. The molecule has 152 valence electrons. The molecule has 3 saturated heterocycles. The molecular formula is C21H29N3O4. The molecule has 0 bridgehead atoms. The fourth-order valence-electron chi connectivity index (χ4n) is 4.29. The first-order valence-electron chi connectivity index (χ1n) is 10.2. The van der Waals surface area contributed by atoms with E-state index in [-0.39, 0.29) is 23.8 Å². The molecule has 7 nitrogen and oxygen atoms in total. The van der Waals surface area contributed by atoms with E-state index in [2.05, 4.69) is 22.3 Å². The average molecular weight is 387 g/mol. The SMILES string of the molecule is O=C1CC2(CCN(Cc3ccc(OCC(=O)N4CCOCC4)cc3)CC2)CN1. The third-order valence-corrected chi connectivity index (χ3v) is 6.17. The Morgan fingerprint density at radius 1 is 1.11 bits per heavy atom. The summed E-state index contributed by atoms with van der Waals surface area (Å²) in [5.41, 5.74) is 1.43. The number of amides is 2. The summed E-state index contributed by atoms with van der Waals surface area (Å²) in [4.78, 5) is 27.9. The van der Waals surface area contributed by atoms with Crippen LogP contribution in [0.3, 0.4) is 0 Å². The van der Waals surface area contributed by atoms with E-state index in [9.17, 15) is 9.59 Å². The van der Waals surface area contributed by atoms with Crippen molar-refractivity contribution in [3.63, 3.8) is 0 Å². The number of nitrogens with zero attached hydrogens (tertiary/aromatic N) is 2. The Balaban J connectivity index is 1.21. The van der Waals surface area contributed by atoms with Gasteiger partial charge in [-0.2, -0.15) is 0 Å². The summed E-state index contributed by atoms with van der Waals surface area (Å²) in [7, 11) is 0. The van der Waals surface area contributed by atoms with Gasteiger partial charge in [0, 0.05) is 32.6 Å². The summed E-state index contributed by atoms with van der Waals surface area (Å²) in [6, 6.07) is 8.01. The van der Waals surface area contributed by atoms with Gasteiger partial charge in [-0.05, 0) is 49.0 Å². The molecule has 28 heavy (non-hydrogen) atoms. The Kier molecular flexibility index (Phi) is 5.82. The number of benzene rings is 1. The zero-order valence-corrected chi connectivity index (χ0v) is 16.3. The minimum absolute atomic E-state index is 0.00880. The smallest absolute Gasteiger partial charge is 0.260 e. The van der Waals surface area contributed by atoms with Crippen LogP contribution in [0.4, 0.5) is 0 Å². The average Bonchev–Trinajstić information content (AvgIpc) is 3.10. The van der Waals surface area contributed by atoms with Gasteiger partial charge in [-0.1, -0.05) is 12.1 Å². The van der Waals surface area contributed by atoms with Crippen molar-refractivity contribution < 1.29 is 19.1 Å². The molecule has 3 fully saturated rings. The number of ether oxygens (including phenoxy) is 2. The molecule has 1 aromatic carbocycles. The Morgan fingerprint density at radius 2 is 1.82 bits per heavy atom. The normalized spacial score (nSPS) is 22.3. The monoisotopic (exact) mass is 387 g/mol. The number of hydrogen-bond donors (Lipinski definition) is 1. The van der Waals surface area contributed by atoms with Gasteiger partial charge in [0.15, 0.2) is 6.61 Å². The number of hydrogen-bond acceptors (Lipinski definition) is 5. The van der Waals surface area contributed by atoms with Crippen LogP contribution in [0.25, 0.3) is 0 Å². The first kappa shape index (κ1) is 19.2. The lowest BCUT2D eigenvalue weighted by Crippen LogP contribution is -2.42. The van der Waals surface area contributed by atoms with Crippen molar-refractivity contribution >= 4 is 11.8 Å². The van der Waals surface area contributed by atoms with E-state index in [4.69, 9.17) is 9.47 Å². The zero-order chi connectivity index (χ0) is 19.4. The van der Waals surface area contributed by atoms with Crippen LogP contribution >= 0.6 is 0 Å². The second-order valence-electron chi connectivity index (χ2n) is 8.16. The fraction of sp³-hybridized carbons (Fsp3) is 0.619. The van der Waals surface area contributed by atoms with Crippen molar-refractivity contribution in [2.45, 2.75) is 25.8 Å². The molecule has 0 aliphatic carbocycles. The number of morpholine rings is 1. The number of nitrogens with one attached hydrogen (secondary N) is 1. The molecular weight excluding hydrogens is 358 g/mol. The van der Waals surface area contributed by atoms with Crippen LogP contribution in [-0.4, -0.2) is 74.2 Å². The van der Waals surface area contributed by atoms with Crippen molar-refractivity contribution in [2.75, 3.05) is 52.5 Å². The highest BCUT2D eigenvalue weighted by Gasteiger charge is 2.40. The van der Waals surface area contributed by atoms with Crippen molar-refractivity contribution in [3.05, 3.63) is 29.8 Å². The van der Waals surface area contributed by atoms with Crippen LogP contribution in [0.15, 0.2) is 24.3 Å². The second kappa shape index (κ2) is 8.49. The predicted octanol–water partition coefficient (Wildman–Crippen LogP) is 1.03. The van der Waals surface area contributed by atoms with Crippen molar-refractivity contribution in [1.29, 1.82) is 0 Å². The molecule has 1 spiro atoms. The Hall–Kier alpha value is -2.12. The standard InChI is InChI=1S/C21H29N3O4/c25-19-13-21(16-22-19)5-7-23(8-6-21)14-17-1-3-18(4-2-17)28-15-20(26)24-9-11-27-12-10-24/h1-4H,5-16H2,(H,22,25). The van der Waals surface area contributed by atoms with E-state index < -0.39 is 0 Å². The van der Waals surface area contributed by atoms with E-state index >= 15 is 0 Å². The quantitative estimate of drug-likeness (QED) is 0.817. The number of rotatable bonds is 5. The molecule has 0 atom stereocenters. The van der Waals surface area contributed by atoms with Gasteiger partial charge in [0.1, 0.15) is 5.75 Å². The highest BCUT2D eigenvalue weighted by molar-refractivity contribution is 5.79. The topological polar surface area (TPSA) is 71.1 Å². The van der Waals surface area contributed by atoms with E-state index in [0.717, 1.165) is 44.8 Å². The van der Waals surface area contributed by atoms with Gasteiger partial charge in [-0.3, -0.25) is 14.5 Å². The summed E-state index contributed by atoms with van der Waals surface area (Å²) >= 11 is 0. The highest BCUT2D eigenvalue weighted by Crippen LogP contribution is 2.37. The van der Waals surface area contributed by atoms with E-state index in [0.29, 0.717) is 32.7 Å². The number of piperidine rings is 1. The van der Waals surface area contributed by atoms with Crippen LogP contribution in [-0.2, 0) is 20.9 Å². The number of carbonyl (C=O) groups is 2. The van der Waals surface area contributed by atoms with Gasteiger partial charge in [0.05, 0.1) is 13.2 Å². The first-order valence-corrected chi connectivity index (χ1v) is 10.2. The van der Waals surface area contributed by atoms with Gasteiger partial charge in [0.2, 0.25) is 5.91 Å². The molecule has 3 heterocycles. The summed E-state index contributed by atoms with van der Waals surface area (Å²) in [6.45, 7) is 6.36. The van der Waals surface area contributed by atoms with Crippen molar-refractivity contribution in [3.8, 4) is 5.75 Å². The molecule has 2 amide bonds. The van der Waals surface area contributed by atoms with Gasteiger partial charge < -0.3 is 19.7 Å². The lowest BCUT2D eigenvalue weighted by atomic mass is 9.77. The lowest BCUT2D eigenvalue weighted by Gasteiger charge is -2.38. The number of likely N-dealkylation sites (tertiary alicyclic amines) is 1. The predicted molar refractivity (Wildman–Crippen MR) is 104 cm³/mol. The lowest BCUT2D eigenvalue weighted by molar-refractivity contribution is -0.137. The molecule has 7 heteroatoms. The minimum atomic E-state index is 0.00880. The van der Waals surface area contributed by atoms with E-state index in [1.807, 2.05) is 12.1 Å². The second-order valence-corrected chi connectivity index (χ2v) is 8.16. The highest BCUT2D eigenvalue weighted by atomic mass is 16.5. The minimum Gasteiger partial charge on any atom is -0.484 e. The maximum absolute atomic E-state index is 12.1. The third kappa shape index (κ3) is 4.64. The van der Waals surface area contributed by atoms with Crippen LogP contribution in [0.2, 0.25) is 0 Å². The number of carbonyl (C=O) groups excluding carboxylic acids is 2. The summed E-state index contributed by atoms with van der Waals surface area (Å²) in [6.07, 6.45) is 2.85. The van der Waals surface area contributed by atoms with E-state index in [1.54, 1.807) is 4.90 Å². The molecule has 0 aromatic heterocycles. The van der Waals surface area contributed by atoms with Crippen molar-refractivity contribution in [2.24, 2.45) is 5.41 Å². The molecule has 0 saturated carbocycles. The summed E-state index contributed by atoms with van der Waals surface area (Å²) in [5.74, 6) is 0.934. The van der Waals surface area contributed by atoms with Gasteiger partial charge >= 0.3 is 0 Å². The molecule has 1 aromatic rings. The van der Waals surface area contributed by atoms with Gasteiger partial charge in [-0.15, -0.1) is 0 Å². The Labute approximate surface area is 166 Å². The van der Waals surface area contributed by atoms with Crippen LogP contribution in [0.1, 0.15) is 24.8 Å². The van der Waals surface area contributed by atoms with Crippen LogP contribution in [0, 0.1) is 5.41 Å². The molecule has 0 unspecified atom stereocenters. The van der Waals surface area contributed by atoms with Crippen LogP contribution in [0.5, 0.6) is 5.75 Å². The zero-order valence-electron chi connectivity index (χ0n) is 16.3. The first-order chi connectivity index (χ1) is 13.6. The van der Waals surface area contributed by atoms with Gasteiger partial charge in [0.25, 0.3) is 5.91 Å². The van der Waals surface area contributed by atoms with Gasteiger partial charge in [-0.25, -0.2) is 0 Å². The fourth-order valence-corrected chi connectivity index (χ4v) is 4.29. The van der Waals surface area contributed by atoms with Crippen LogP contribution < -0.4 is 10.1 Å². The molecule has 3 aliphatic rings. The Bertz CT molecular complexity index is 692. The summed E-state index contributed by atoms with van der Waals surface area (Å²) < 4.78 is 10.9. The Morgan fingerprint density at radius 3 is 2.46 bits per heavy atom.